The molecule has 1 aromatic carbocycles. The number of carbonyl (C=O) groups is 1. The number of ether oxygens (including phenoxy) is 3. The first kappa shape index (κ1) is 10.9. The Morgan fingerprint density at radius 2 is 2.38 bits per heavy atom. The van der Waals surface area contributed by atoms with E-state index in [1.165, 1.54) is 7.11 Å². The number of hydrogen-bond acceptors (Lipinski definition) is 5. The van der Waals surface area contributed by atoms with Gasteiger partial charge in [0.15, 0.2) is 12.9 Å². The zero-order chi connectivity index (χ0) is 11.5. The Labute approximate surface area is 92.5 Å². The van der Waals surface area contributed by atoms with E-state index in [1.807, 2.05) is 6.07 Å². The van der Waals surface area contributed by atoms with Gasteiger partial charge in [0.1, 0.15) is 5.75 Å². The van der Waals surface area contributed by atoms with Crippen molar-refractivity contribution in [3.05, 3.63) is 29.3 Å². The van der Waals surface area contributed by atoms with Crippen LogP contribution in [0.5, 0.6) is 5.75 Å². The minimum Gasteiger partial charge on any atom is -0.467 e. The standard InChI is InChI=1S/C11H12O5/c1-14-11(13)9(12)8-4-2-3-7-5-15-6-16-10(7)8/h2-4,9,12H,5-6H2,1H3. The maximum Gasteiger partial charge on any atom is 0.339 e. The zero-order valence-corrected chi connectivity index (χ0v) is 8.80. The van der Waals surface area contributed by atoms with Crippen LogP contribution < -0.4 is 4.74 Å². The largest absolute Gasteiger partial charge is 0.467 e. The molecule has 86 valence electrons. The summed E-state index contributed by atoms with van der Waals surface area (Å²) in [4.78, 5) is 11.2. The molecule has 0 aromatic heterocycles. The van der Waals surface area contributed by atoms with Gasteiger partial charge in [0.25, 0.3) is 0 Å². The highest BCUT2D eigenvalue weighted by Crippen LogP contribution is 2.32. The van der Waals surface area contributed by atoms with Crippen molar-refractivity contribution in [1.29, 1.82) is 0 Å². The van der Waals surface area contributed by atoms with E-state index in [1.54, 1.807) is 12.1 Å². The summed E-state index contributed by atoms with van der Waals surface area (Å²) in [5, 5.41) is 9.75. The van der Waals surface area contributed by atoms with Gasteiger partial charge in [-0.25, -0.2) is 4.79 Å². The predicted octanol–water partition coefficient (Wildman–Crippen LogP) is 0.759. The van der Waals surface area contributed by atoms with Gasteiger partial charge in [0, 0.05) is 11.1 Å². The Morgan fingerprint density at radius 1 is 1.56 bits per heavy atom. The molecule has 0 bridgehead atoms. The highest BCUT2D eigenvalue weighted by Gasteiger charge is 2.25. The monoisotopic (exact) mass is 224 g/mol. The van der Waals surface area contributed by atoms with Gasteiger partial charge >= 0.3 is 5.97 Å². The highest BCUT2D eigenvalue weighted by molar-refractivity contribution is 5.77. The van der Waals surface area contributed by atoms with Crippen LogP contribution in [0, 0.1) is 0 Å². The van der Waals surface area contributed by atoms with E-state index in [4.69, 9.17) is 9.47 Å². The van der Waals surface area contributed by atoms with E-state index in [2.05, 4.69) is 4.74 Å². The molecule has 5 heteroatoms. The predicted molar refractivity (Wildman–Crippen MR) is 53.7 cm³/mol. The van der Waals surface area contributed by atoms with Gasteiger partial charge in [0.2, 0.25) is 0 Å². The number of fused-ring (bicyclic) bond motifs is 1. The average Bonchev–Trinajstić information content (AvgIpc) is 2.36. The summed E-state index contributed by atoms with van der Waals surface area (Å²) in [5.74, 6) is -0.199. The molecule has 0 radical (unpaired) electrons. The summed E-state index contributed by atoms with van der Waals surface area (Å²) in [6, 6.07) is 5.19. The number of methoxy groups -OCH3 is 1. The Kier molecular flexibility index (Phi) is 3.07. The fourth-order valence-electron chi connectivity index (χ4n) is 1.60. The van der Waals surface area contributed by atoms with Gasteiger partial charge < -0.3 is 19.3 Å². The van der Waals surface area contributed by atoms with E-state index in [9.17, 15) is 9.90 Å². The fraction of sp³-hybridized carbons (Fsp3) is 0.364. The van der Waals surface area contributed by atoms with Crippen LogP contribution in [0.25, 0.3) is 0 Å². The highest BCUT2D eigenvalue weighted by atomic mass is 16.7. The first-order chi connectivity index (χ1) is 7.74. The second kappa shape index (κ2) is 4.51. The van der Waals surface area contributed by atoms with E-state index in [0.717, 1.165) is 5.56 Å². The Balaban J connectivity index is 2.37. The van der Waals surface area contributed by atoms with Crippen molar-refractivity contribution in [2.75, 3.05) is 13.9 Å². The Hall–Kier alpha value is -1.59. The van der Waals surface area contributed by atoms with E-state index in [0.29, 0.717) is 17.9 Å². The number of para-hydroxylation sites is 1. The minimum absolute atomic E-state index is 0.123. The average molecular weight is 224 g/mol. The lowest BCUT2D eigenvalue weighted by Crippen LogP contribution is -2.18. The van der Waals surface area contributed by atoms with Gasteiger partial charge in [-0.15, -0.1) is 0 Å². The topological polar surface area (TPSA) is 65.0 Å². The molecule has 1 aliphatic heterocycles. The summed E-state index contributed by atoms with van der Waals surface area (Å²) < 4.78 is 14.9. The van der Waals surface area contributed by atoms with Crippen LogP contribution in [0.2, 0.25) is 0 Å². The first-order valence-corrected chi connectivity index (χ1v) is 4.82. The van der Waals surface area contributed by atoms with Crippen LogP contribution in [0.1, 0.15) is 17.2 Å². The first-order valence-electron chi connectivity index (χ1n) is 4.82. The maximum atomic E-state index is 11.2. The Morgan fingerprint density at radius 3 is 3.12 bits per heavy atom. The maximum absolute atomic E-state index is 11.2. The van der Waals surface area contributed by atoms with Gasteiger partial charge in [-0.2, -0.15) is 0 Å². The van der Waals surface area contributed by atoms with Gasteiger partial charge in [0.05, 0.1) is 13.7 Å². The number of rotatable bonds is 2. The summed E-state index contributed by atoms with van der Waals surface area (Å²) in [6.45, 7) is 0.537. The lowest BCUT2D eigenvalue weighted by Gasteiger charge is -2.21. The van der Waals surface area contributed by atoms with Gasteiger partial charge in [-0.1, -0.05) is 18.2 Å². The number of aliphatic hydroxyl groups is 1. The SMILES string of the molecule is COC(=O)C(O)c1cccc2c1OCOC2. The second-order valence-electron chi connectivity index (χ2n) is 3.37. The molecule has 16 heavy (non-hydrogen) atoms. The summed E-state index contributed by atoms with van der Waals surface area (Å²) in [5.41, 5.74) is 1.22. The quantitative estimate of drug-likeness (QED) is 0.751. The molecule has 1 heterocycles. The molecule has 1 N–H and O–H groups in total. The molecule has 2 rings (SSSR count). The van der Waals surface area contributed by atoms with Crippen LogP contribution in [0.15, 0.2) is 18.2 Å². The molecule has 5 nitrogen and oxygen atoms in total. The normalized spacial score (nSPS) is 15.9. The minimum atomic E-state index is -1.32. The Bertz CT molecular complexity index is 401. The van der Waals surface area contributed by atoms with Crippen LogP contribution in [-0.4, -0.2) is 25.0 Å². The lowest BCUT2D eigenvalue weighted by molar-refractivity contribution is -0.150. The molecule has 0 aliphatic carbocycles. The molecule has 0 saturated heterocycles. The van der Waals surface area contributed by atoms with Gasteiger partial charge in [-0.3, -0.25) is 0 Å². The smallest absolute Gasteiger partial charge is 0.339 e. The van der Waals surface area contributed by atoms with Crippen LogP contribution in [-0.2, 0) is 20.9 Å². The molecule has 0 saturated carbocycles. The molecule has 1 aliphatic rings. The van der Waals surface area contributed by atoms with E-state index < -0.39 is 12.1 Å². The van der Waals surface area contributed by atoms with Gasteiger partial charge in [-0.05, 0) is 0 Å². The van der Waals surface area contributed by atoms with Crippen LogP contribution in [0.4, 0.5) is 0 Å². The zero-order valence-electron chi connectivity index (χ0n) is 8.80. The van der Waals surface area contributed by atoms with Crippen LogP contribution in [0.3, 0.4) is 0 Å². The van der Waals surface area contributed by atoms with Crippen molar-refractivity contribution >= 4 is 5.97 Å². The van der Waals surface area contributed by atoms with E-state index >= 15 is 0 Å². The number of benzene rings is 1. The van der Waals surface area contributed by atoms with Crippen molar-refractivity contribution in [3.63, 3.8) is 0 Å². The third-order valence-corrected chi connectivity index (χ3v) is 2.39. The molecule has 0 spiro atoms. The van der Waals surface area contributed by atoms with Crippen molar-refractivity contribution < 1.29 is 24.1 Å². The number of esters is 1. The van der Waals surface area contributed by atoms with Crippen molar-refractivity contribution in [2.45, 2.75) is 12.7 Å². The van der Waals surface area contributed by atoms with Crippen LogP contribution >= 0.6 is 0 Å². The number of hydrogen-bond donors (Lipinski definition) is 1. The third-order valence-electron chi connectivity index (χ3n) is 2.39. The molecular weight excluding hydrogens is 212 g/mol. The van der Waals surface area contributed by atoms with Crippen molar-refractivity contribution in [1.82, 2.24) is 0 Å². The van der Waals surface area contributed by atoms with E-state index in [-0.39, 0.29) is 6.79 Å². The molecule has 1 aromatic rings. The van der Waals surface area contributed by atoms with Crippen molar-refractivity contribution in [2.24, 2.45) is 0 Å². The fourth-order valence-corrected chi connectivity index (χ4v) is 1.60. The summed E-state index contributed by atoms with van der Waals surface area (Å²) in [6.07, 6.45) is -1.32. The van der Waals surface area contributed by atoms with Crippen molar-refractivity contribution in [3.8, 4) is 5.75 Å². The molecule has 1 atom stereocenters. The molecule has 1 unspecified atom stereocenters. The third kappa shape index (κ3) is 1.87. The number of aliphatic hydroxyl groups excluding tert-OH is 1. The summed E-state index contributed by atoms with van der Waals surface area (Å²) >= 11 is 0. The lowest BCUT2D eigenvalue weighted by atomic mass is 10.0. The number of carbonyl (C=O) groups excluding carboxylic acids is 1. The molecule has 0 fully saturated rings. The molecular formula is C11H12O5. The summed E-state index contributed by atoms with van der Waals surface area (Å²) in [7, 11) is 1.23. The second-order valence-corrected chi connectivity index (χ2v) is 3.37. The molecule has 0 amide bonds.